The molecular formula is C45H63N3O6. The van der Waals surface area contributed by atoms with Crippen LogP contribution in [0.2, 0.25) is 0 Å². The lowest BCUT2D eigenvalue weighted by molar-refractivity contribution is 0.399. The lowest BCUT2D eigenvalue weighted by Gasteiger charge is -2.15. The molecule has 0 radical (unpaired) electrons. The Labute approximate surface area is 322 Å². The van der Waals surface area contributed by atoms with Crippen molar-refractivity contribution in [1.82, 2.24) is 15.0 Å². The van der Waals surface area contributed by atoms with Crippen molar-refractivity contribution in [3.8, 4) is 68.7 Å². The summed E-state index contributed by atoms with van der Waals surface area (Å²) in [4.78, 5) is 13.8. The van der Waals surface area contributed by atoms with E-state index in [0.717, 1.165) is 57.8 Å². The van der Waals surface area contributed by atoms with E-state index in [1.165, 1.54) is 57.8 Å². The zero-order valence-corrected chi connectivity index (χ0v) is 32.8. The van der Waals surface area contributed by atoms with Crippen molar-refractivity contribution in [3.05, 3.63) is 53.1 Å². The Hall–Kier alpha value is -4.53. The van der Waals surface area contributed by atoms with E-state index < -0.39 is 0 Å². The molecule has 0 aliphatic rings. The largest absolute Gasteiger partial charge is 0.504 e. The van der Waals surface area contributed by atoms with Gasteiger partial charge in [0.2, 0.25) is 0 Å². The van der Waals surface area contributed by atoms with Crippen molar-refractivity contribution in [2.45, 2.75) is 156 Å². The second kappa shape index (κ2) is 22.0. The highest BCUT2D eigenvalue weighted by Gasteiger charge is 2.23. The van der Waals surface area contributed by atoms with Crippen LogP contribution in [0.25, 0.3) is 34.2 Å². The Kier molecular flexibility index (Phi) is 17.2. The number of hydrogen-bond acceptors (Lipinski definition) is 9. The summed E-state index contributed by atoms with van der Waals surface area (Å²) in [5.41, 5.74) is 2.26. The number of hydrogen-bond donors (Lipinski definition) is 6. The maximum atomic E-state index is 11.3. The number of phenols is 6. The van der Waals surface area contributed by atoms with Crippen molar-refractivity contribution in [2.75, 3.05) is 0 Å². The predicted molar refractivity (Wildman–Crippen MR) is 217 cm³/mol. The van der Waals surface area contributed by atoms with Gasteiger partial charge in [-0.15, -0.1) is 0 Å². The minimum absolute atomic E-state index is 0.0148. The summed E-state index contributed by atoms with van der Waals surface area (Å²) in [6, 6.07) is 10.2. The summed E-state index contributed by atoms with van der Waals surface area (Å²) >= 11 is 0. The molecule has 0 fully saturated rings. The van der Waals surface area contributed by atoms with Crippen molar-refractivity contribution in [3.63, 3.8) is 0 Å². The van der Waals surface area contributed by atoms with Crippen molar-refractivity contribution >= 4 is 0 Å². The predicted octanol–water partition coefficient (Wildman–Crippen LogP) is 11.8. The van der Waals surface area contributed by atoms with Gasteiger partial charge in [-0.1, -0.05) is 135 Å². The number of unbranched alkanes of at least 4 members (excludes halogenated alkanes) is 15. The van der Waals surface area contributed by atoms with Gasteiger partial charge in [0.25, 0.3) is 0 Å². The highest BCUT2D eigenvalue weighted by Crippen LogP contribution is 2.44. The van der Waals surface area contributed by atoms with Crippen LogP contribution in [0.15, 0.2) is 36.4 Å². The molecule has 0 spiro atoms. The molecule has 0 aliphatic heterocycles. The molecule has 0 bridgehead atoms. The molecule has 0 amide bonds. The van der Waals surface area contributed by atoms with Crippen LogP contribution in [0.5, 0.6) is 34.5 Å². The topological polar surface area (TPSA) is 160 Å². The number of aromatic hydroxyl groups is 6. The molecule has 0 atom stereocenters. The van der Waals surface area contributed by atoms with Crippen LogP contribution in [0.3, 0.4) is 0 Å². The van der Waals surface area contributed by atoms with Crippen LogP contribution < -0.4 is 0 Å². The molecule has 0 unspecified atom stereocenters. The summed E-state index contributed by atoms with van der Waals surface area (Å²) in [5.74, 6) is -1.94. The van der Waals surface area contributed by atoms with Crippen LogP contribution in [-0.4, -0.2) is 45.6 Å². The minimum Gasteiger partial charge on any atom is -0.504 e. The Morgan fingerprint density at radius 2 is 0.556 bits per heavy atom. The van der Waals surface area contributed by atoms with E-state index in [1.807, 2.05) is 0 Å². The maximum absolute atomic E-state index is 11.3. The van der Waals surface area contributed by atoms with E-state index in [-0.39, 0.29) is 68.7 Å². The third-order valence-corrected chi connectivity index (χ3v) is 10.5. The van der Waals surface area contributed by atoms with Gasteiger partial charge in [-0.05, 0) is 73.4 Å². The fourth-order valence-corrected chi connectivity index (χ4v) is 7.04. The molecule has 3 aromatic carbocycles. The second-order valence-corrected chi connectivity index (χ2v) is 14.8. The molecule has 9 nitrogen and oxygen atoms in total. The van der Waals surface area contributed by atoms with Crippen LogP contribution >= 0.6 is 0 Å². The first-order valence-corrected chi connectivity index (χ1v) is 20.6. The van der Waals surface area contributed by atoms with Gasteiger partial charge in [0.1, 0.15) is 0 Å². The number of aryl methyl sites for hydroxylation is 3. The number of rotatable bonds is 24. The molecule has 0 saturated carbocycles. The van der Waals surface area contributed by atoms with Gasteiger partial charge in [0.05, 0.1) is 16.7 Å². The van der Waals surface area contributed by atoms with Crippen molar-refractivity contribution < 1.29 is 30.6 Å². The molecule has 4 aromatic rings. The SMILES string of the molecule is CCCCCCCCc1ccc(-c2nc(-c3ccc(CCCCCCCC)c(O)c3O)nc(-c3ccc(CCCCCCCC)c(O)c3O)n2)c(O)c1O. The fraction of sp³-hybridized carbons (Fsp3) is 0.533. The van der Waals surface area contributed by atoms with Gasteiger partial charge in [-0.3, -0.25) is 0 Å². The van der Waals surface area contributed by atoms with Crippen LogP contribution in [-0.2, 0) is 19.3 Å². The van der Waals surface area contributed by atoms with Crippen LogP contribution in [0, 0.1) is 0 Å². The third kappa shape index (κ3) is 11.5. The monoisotopic (exact) mass is 741 g/mol. The summed E-state index contributed by atoms with van der Waals surface area (Å²) < 4.78 is 0. The van der Waals surface area contributed by atoms with E-state index in [4.69, 9.17) is 0 Å². The highest BCUT2D eigenvalue weighted by molar-refractivity contribution is 5.77. The van der Waals surface area contributed by atoms with Gasteiger partial charge in [-0.2, -0.15) is 0 Å². The highest BCUT2D eigenvalue weighted by atomic mass is 16.3. The Balaban J connectivity index is 1.69. The molecule has 4 rings (SSSR count). The van der Waals surface area contributed by atoms with E-state index >= 15 is 0 Å². The summed E-state index contributed by atoms with van der Waals surface area (Å²) in [5, 5.41) is 67.0. The van der Waals surface area contributed by atoms with E-state index in [2.05, 4.69) is 35.7 Å². The molecule has 0 saturated heterocycles. The molecule has 54 heavy (non-hydrogen) atoms. The normalized spacial score (nSPS) is 11.4. The molecule has 1 aromatic heterocycles. The van der Waals surface area contributed by atoms with Crippen molar-refractivity contribution in [2.24, 2.45) is 0 Å². The molecule has 0 aliphatic carbocycles. The Morgan fingerprint density at radius 1 is 0.315 bits per heavy atom. The zero-order chi connectivity index (χ0) is 38.9. The molecule has 6 N–H and O–H groups in total. The smallest absolute Gasteiger partial charge is 0.168 e. The standard InChI is InChI=1S/C45H63N3O6/c1-4-7-10-13-16-19-22-31-25-28-34(40(52)37(31)49)43-46-44(35-29-26-32(38(50)41(35)53)23-20-17-14-11-8-5-2)48-45(47-43)36-30-27-33(39(51)42(36)54)24-21-18-15-12-9-6-3/h25-30,49-54H,4-24H2,1-3H3. The van der Waals surface area contributed by atoms with Gasteiger partial charge in [0.15, 0.2) is 52.0 Å². The second-order valence-electron chi connectivity index (χ2n) is 14.8. The quantitative estimate of drug-likeness (QED) is 0.0303. The van der Waals surface area contributed by atoms with Gasteiger partial charge in [0, 0.05) is 0 Å². The minimum atomic E-state index is -0.385. The van der Waals surface area contributed by atoms with Crippen molar-refractivity contribution in [1.29, 1.82) is 0 Å². The molecule has 9 heteroatoms. The third-order valence-electron chi connectivity index (χ3n) is 10.5. The van der Waals surface area contributed by atoms with E-state index in [9.17, 15) is 30.6 Å². The average molecular weight is 742 g/mol. The Bertz CT molecular complexity index is 1560. The van der Waals surface area contributed by atoms with E-state index in [1.54, 1.807) is 36.4 Å². The van der Waals surface area contributed by atoms with Crippen LogP contribution in [0.4, 0.5) is 0 Å². The first-order valence-electron chi connectivity index (χ1n) is 20.6. The number of benzene rings is 3. The molecule has 1 heterocycles. The summed E-state index contributed by atoms with van der Waals surface area (Å²) in [6.45, 7) is 6.55. The number of nitrogens with zero attached hydrogens (tertiary/aromatic N) is 3. The summed E-state index contributed by atoms with van der Waals surface area (Å²) in [7, 11) is 0. The number of aromatic nitrogens is 3. The van der Waals surface area contributed by atoms with Gasteiger partial charge < -0.3 is 30.6 Å². The fourth-order valence-electron chi connectivity index (χ4n) is 7.04. The summed E-state index contributed by atoms with van der Waals surface area (Å²) in [6.07, 6.45) is 21.6. The van der Waals surface area contributed by atoms with Gasteiger partial charge >= 0.3 is 0 Å². The zero-order valence-electron chi connectivity index (χ0n) is 32.8. The number of phenolic OH excluding ortho intramolecular Hbond substituents is 6. The van der Waals surface area contributed by atoms with Crippen LogP contribution in [0.1, 0.15) is 153 Å². The van der Waals surface area contributed by atoms with Gasteiger partial charge in [-0.25, -0.2) is 15.0 Å². The lowest BCUT2D eigenvalue weighted by Crippen LogP contribution is -2.02. The lowest BCUT2D eigenvalue weighted by atomic mass is 10.0. The Morgan fingerprint density at radius 3 is 0.815 bits per heavy atom. The average Bonchev–Trinajstić information content (AvgIpc) is 3.17. The first kappa shape index (κ1) is 42.2. The first-order chi connectivity index (χ1) is 26.2. The van der Waals surface area contributed by atoms with E-state index in [0.29, 0.717) is 36.0 Å². The maximum Gasteiger partial charge on any atom is 0.168 e. The molecular weight excluding hydrogens is 679 g/mol. The molecule has 294 valence electrons.